The number of hydrogen-bond acceptors (Lipinski definition) is 5. The van der Waals surface area contributed by atoms with Crippen LogP contribution in [0, 0.1) is 0 Å². The van der Waals surface area contributed by atoms with Crippen LogP contribution in [0.1, 0.15) is 27.5 Å². The SMILES string of the molecule is CS(=O)(=O)Cc1cccc(C(=O)N[C@H](CN2CCOCC2)c2ccccc2)c1. The van der Waals surface area contributed by atoms with Crippen LogP contribution in [0.4, 0.5) is 0 Å². The molecule has 1 N–H and O–H groups in total. The first-order valence-electron chi connectivity index (χ1n) is 9.33. The summed E-state index contributed by atoms with van der Waals surface area (Å²) >= 11 is 0. The van der Waals surface area contributed by atoms with Crippen LogP contribution in [-0.2, 0) is 20.3 Å². The van der Waals surface area contributed by atoms with E-state index in [0.29, 0.717) is 30.9 Å². The number of benzene rings is 2. The van der Waals surface area contributed by atoms with Gasteiger partial charge in [0.05, 0.1) is 25.0 Å². The number of carbonyl (C=O) groups excluding carboxylic acids is 1. The van der Waals surface area contributed by atoms with E-state index in [1.54, 1.807) is 24.3 Å². The summed E-state index contributed by atoms with van der Waals surface area (Å²) in [4.78, 5) is 15.2. The normalized spacial score (nSPS) is 16.5. The molecule has 0 saturated carbocycles. The molecule has 28 heavy (non-hydrogen) atoms. The molecule has 3 rings (SSSR count). The summed E-state index contributed by atoms with van der Waals surface area (Å²) in [6, 6.07) is 16.5. The predicted molar refractivity (Wildman–Crippen MR) is 109 cm³/mol. The summed E-state index contributed by atoms with van der Waals surface area (Å²) in [5, 5.41) is 3.12. The lowest BCUT2D eigenvalue weighted by Gasteiger charge is -2.31. The Morgan fingerprint density at radius 3 is 2.50 bits per heavy atom. The fourth-order valence-electron chi connectivity index (χ4n) is 3.31. The topological polar surface area (TPSA) is 75.7 Å². The van der Waals surface area contributed by atoms with Gasteiger partial charge in [-0.05, 0) is 23.3 Å². The van der Waals surface area contributed by atoms with Crippen molar-refractivity contribution in [3.8, 4) is 0 Å². The van der Waals surface area contributed by atoms with Crippen LogP contribution in [0.2, 0.25) is 0 Å². The van der Waals surface area contributed by atoms with Crippen LogP contribution in [0.15, 0.2) is 54.6 Å². The third-order valence-electron chi connectivity index (χ3n) is 4.67. The Balaban J connectivity index is 1.76. The van der Waals surface area contributed by atoms with Crippen molar-refractivity contribution in [1.82, 2.24) is 10.2 Å². The molecular formula is C21H26N2O4S. The van der Waals surface area contributed by atoms with Crippen molar-refractivity contribution < 1.29 is 17.9 Å². The standard InChI is InChI=1S/C21H26N2O4S/c1-28(25,26)16-17-6-5-9-19(14-17)21(24)22-20(18-7-3-2-4-8-18)15-23-10-12-27-13-11-23/h2-9,14,20H,10-13,15-16H2,1H3,(H,22,24)/t20-/m1/s1. The minimum absolute atomic E-state index is 0.0794. The van der Waals surface area contributed by atoms with Gasteiger partial charge in [-0.2, -0.15) is 0 Å². The molecule has 0 bridgehead atoms. The van der Waals surface area contributed by atoms with E-state index in [1.165, 1.54) is 6.26 Å². The zero-order valence-electron chi connectivity index (χ0n) is 16.0. The van der Waals surface area contributed by atoms with Gasteiger partial charge in [-0.15, -0.1) is 0 Å². The van der Waals surface area contributed by atoms with E-state index < -0.39 is 9.84 Å². The number of morpholine rings is 1. The fourth-order valence-corrected chi connectivity index (χ4v) is 4.09. The number of rotatable bonds is 7. The van der Waals surface area contributed by atoms with Crippen LogP contribution >= 0.6 is 0 Å². The molecule has 1 atom stereocenters. The number of nitrogens with one attached hydrogen (secondary N) is 1. The van der Waals surface area contributed by atoms with Crippen molar-refractivity contribution in [2.45, 2.75) is 11.8 Å². The second kappa shape index (κ2) is 9.32. The molecule has 0 aliphatic carbocycles. The Hall–Kier alpha value is -2.22. The van der Waals surface area contributed by atoms with Crippen molar-refractivity contribution in [1.29, 1.82) is 0 Å². The first kappa shape index (κ1) is 20.5. The minimum Gasteiger partial charge on any atom is -0.379 e. The number of ether oxygens (including phenoxy) is 1. The maximum atomic E-state index is 12.9. The first-order chi connectivity index (χ1) is 13.4. The molecule has 0 aromatic heterocycles. The van der Waals surface area contributed by atoms with Gasteiger partial charge in [0.25, 0.3) is 5.91 Å². The van der Waals surface area contributed by atoms with Crippen LogP contribution in [0.25, 0.3) is 0 Å². The van der Waals surface area contributed by atoms with Gasteiger partial charge in [-0.1, -0.05) is 42.5 Å². The van der Waals surface area contributed by atoms with E-state index in [0.717, 1.165) is 18.7 Å². The average molecular weight is 403 g/mol. The van der Waals surface area contributed by atoms with Gasteiger partial charge in [0.15, 0.2) is 9.84 Å². The average Bonchev–Trinajstić information content (AvgIpc) is 2.68. The summed E-state index contributed by atoms with van der Waals surface area (Å²) in [7, 11) is -3.16. The molecule has 1 heterocycles. The largest absolute Gasteiger partial charge is 0.379 e. The second-order valence-corrected chi connectivity index (χ2v) is 9.26. The molecule has 2 aromatic carbocycles. The highest BCUT2D eigenvalue weighted by molar-refractivity contribution is 7.89. The van der Waals surface area contributed by atoms with Gasteiger partial charge in [0.2, 0.25) is 0 Å². The van der Waals surface area contributed by atoms with Crippen LogP contribution < -0.4 is 5.32 Å². The molecule has 0 unspecified atom stereocenters. The lowest BCUT2D eigenvalue weighted by molar-refractivity contribution is 0.0332. The van der Waals surface area contributed by atoms with Gasteiger partial charge in [-0.3, -0.25) is 9.69 Å². The highest BCUT2D eigenvalue weighted by Gasteiger charge is 2.21. The van der Waals surface area contributed by atoms with Crippen LogP contribution in [-0.4, -0.2) is 58.3 Å². The van der Waals surface area contributed by atoms with Crippen LogP contribution in [0.3, 0.4) is 0 Å². The van der Waals surface area contributed by atoms with Crippen molar-refractivity contribution >= 4 is 15.7 Å². The van der Waals surface area contributed by atoms with E-state index in [1.807, 2.05) is 30.3 Å². The van der Waals surface area contributed by atoms with Gasteiger partial charge >= 0.3 is 0 Å². The zero-order chi connectivity index (χ0) is 20.0. The molecule has 1 fully saturated rings. The summed E-state index contributed by atoms with van der Waals surface area (Å²) in [6.45, 7) is 3.76. The maximum absolute atomic E-state index is 12.9. The molecule has 1 aliphatic rings. The number of nitrogens with zero attached hydrogens (tertiary/aromatic N) is 1. The molecular weight excluding hydrogens is 376 g/mol. The quantitative estimate of drug-likeness (QED) is 0.767. The van der Waals surface area contributed by atoms with Crippen molar-refractivity contribution in [2.24, 2.45) is 0 Å². The van der Waals surface area contributed by atoms with Gasteiger partial charge < -0.3 is 10.1 Å². The third-order valence-corrected chi connectivity index (χ3v) is 5.53. The number of sulfone groups is 1. The molecule has 6 nitrogen and oxygen atoms in total. The van der Waals surface area contributed by atoms with Gasteiger partial charge in [0.1, 0.15) is 0 Å². The molecule has 1 amide bonds. The van der Waals surface area contributed by atoms with E-state index in [4.69, 9.17) is 4.74 Å². The Kier molecular flexibility index (Phi) is 6.83. The second-order valence-electron chi connectivity index (χ2n) is 7.12. The summed E-state index contributed by atoms with van der Waals surface area (Å²) in [6.07, 6.45) is 1.19. The Labute approximate surface area is 166 Å². The zero-order valence-corrected chi connectivity index (χ0v) is 16.8. The first-order valence-corrected chi connectivity index (χ1v) is 11.4. The van der Waals surface area contributed by atoms with Crippen molar-refractivity contribution in [3.63, 3.8) is 0 Å². The summed E-state index contributed by atoms with van der Waals surface area (Å²) in [5.74, 6) is -0.290. The lowest BCUT2D eigenvalue weighted by Crippen LogP contribution is -2.43. The van der Waals surface area contributed by atoms with E-state index in [-0.39, 0.29) is 17.7 Å². The van der Waals surface area contributed by atoms with E-state index in [2.05, 4.69) is 10.2 Å². The Morgan fingerprint density at radius 2 is 1.82 bits per heavy atom. The molecule has 0 radical (unpaired) electrons. The van der Waals surface area contributed by atoms with Crippen LogP contribution in [0.5, 0.6) is 0 Å². The Bertz CT molecular complexity index is 894. The smallest absolute Gasteiger partial charge is 0.251 e. The highest BCUT2D eigenvalue weighted by atomic mass is 32.2. The number of hydrogen-bond donors (Lipinski definition) is 1. The Morgan fingerprint density at radius 1 is 1.11 bits per heavy atom. The van der Waals surface area contributed by atoms with Gasteiger partial charge in [-0.25, -0.2) is 8.42 Å². The molecule has 1 aliphatic heterocycles. The monoisotopic (exact) mass is 402 g/mol. The highest BCUT2D eigenvalue weighted by Crippen LogP contribution is 2.17. The summed E-state index contributed by atoms with van der Waals surface area (Å²) in [5.41, 5.74) is 2.11. The van der Waals surface area contributed by atoms with Crippen molar-refractivity contribution in [2.75, 3.05) is 39.1 Å². The minimum atomic E-state index is -3.16. The number of carbonyl (C=O) groups is 1. The molecule has 7 heteroatoms. The number of amides is 1. The molecule has 2 aromatic rings. The molecule has 0 spiro atoms. The lowest BCUT2D eigenvalue weighted by atomic mass is 10.0. The fraction of sp³-hybridized carbons (Fsp3) is 0.381. The molecule has 150 valence electrons. The predicted octanol–water partition coefficient (Wildman–Crippen LogP) is 2.03. The van der Waals surface area contributed by atoms with E-state index in [9.17, 15) is 13.2 Å². The third kappa shape index (κ3) is 6.15. The maximum Gasteiger partial charge on any atom is 0.251 e. The summed E-state index contributed by atoms with van der Waals surface area (Å²) < 4.78 is 28.5. The van der Waals surface area contributed by atoms with E-state index >= 15 is 0 Å². The van der Waals surface area contributed by atoms with Gasteiger partial charge in [0, 0.05) is 31.5 Å². The molecule has 1 saturated heterocycles. The van der Waals surface area contributed by atoms with Crippen molar-refractivity contribution in [3.05, 3.63) is 71.3 Å².